The molecule has 1 aromatic rings. The molecule has 0 spiro atoms. The Kier molecular flexibility index (Phi) is 5.95. The molecule has 1 aromatic heterocycles. The van der Waals surface area contributed by atoms with Gasteiger partial charge in [-0.2, -0.15) is 0 Å². The third-order valence-corrected chi connectivity index (χ3v) is 3.22. The minimum Gasteiger partial charge on any atom is -0.341 e. The molecule has 6 heteroatoms. The van der Waals surface area contributed by atoms with Crippen LogP contribution in [-0.2, 0) is 4.79 Å². The number of halogens is 1. The maximum atomic E-state index is 12.0. The van der Waals surface area contributed by atoms with Gasteiger partial charge in [-0.3, -0.25) is 9.59 Å². The van der Waals surface area contributed by atoms with E-state index in [1.807, 2.05) is 13.8 Å². The first-order valence-corrected chi connectivity index (χ1v) is 7.00. The van der Waals surface area contributed by atoms with Crippen LogP contribution >= 0.6 is 15.9 Å². The summed E-state index contributed by atoms with van der Waals surface area (Å²) in [5, 5.41) is 2.66. The molecule has 1 atom stereocenters. The highest BCUT2D eigenvalue weighted by Crippen LogP contribution is 2.07. The van der Waals surface area contributed by atoms with Crippen LogP contribution in [0.1, 0.15) is 31.3 Å². The van der Waals surface area contributed by atoms with E-state index in [2.05, 4.69) is 26.2 Å². The largest absolute Gasteiger partial charge is 0.341 e. The number of pyridine rings is 1. The second-order valence-electron chi connectivity index (χ2n) is 4.07. The van der Waals surface area contributed by atoms with Crippen molar-refractivity contribution in [2.45, 2.75) is 26.8 Å². The second kappa shape index (κ2) is 7.23. The van der Waals surface area contributed by atoms with E-state index in [1.54, 1.807) is 30.2 Å². The van der Waals surface area contributed by atoms with Gasteiger partial charge in [0.05, 0.1) is 0 Å². The molecule has 1 N–H and O–H groups in total. The summed E-state index contributed by atoms with van der Waals surface area (Å²) >= 11 is 3.25. The minimum atomic E-state index is -0.558. The van der Waals surface area contributed by atoms with E-state index in [1.165, 1.54) is 0 Å². The van der Waals surface area contributed by atoms with E-state index >= 15 is 0 Å². The first kappa shape index (κ1) is 15.6. The van der Waals surface area contributed by atoms with Gasteiger partial charge in [-0.25, -0.2) is 4.98 Å². The van der Waals surface area contributed by atoms with E-state index < -0.39 is 6.04 Å². The molecule has 1 unspecified atom stereocenters. The van der Waals surface area contributed by atoms with Gasteiger partial charge in [-0.05, 0) is 48.8 Å². The summed E-state index contributed by atoms with van der Waals surface area (Å²) in [6, 6.07) is 2.78. The second-order valence-corrected chi connectivity index (χ2v) is 4.98. The lowest BCUT2D eigenvalue weighted by Crippen LogP contribution is -2.47. The Morgan fingerprint density at radius 3 is 2.47 bits per heavy atom. The summed E-state index contributed by atoms with van der Waals surface area (Å²) < 4.78 is 0.802. The average molecular weight is 328 g/mol. The summed E-state index contributed by atoms with van der Waals surface area (Å²) in [6.45, 7) is 6.76. The normalized spacial score (nSPS) is 11.8. The molecule has 0 aliphatic rings. The Morgan fingerprint density at radius 1 is 1.37 bits per heavy atom. The van der Waals surface area contributed by atoms with Crippen LogP contribution in [0.4, 0.5) is 0 Å². The molecule has 0 radical (unpaired) electrons. The first-order valence-electron chi connectivity index (χ1n) is 6.20. The molecule has 1 heterocycles. The Hall–Kier alpha value is -1.43. The van der Waals surface area contributed by atoms with Crippen molar-refractivity contribution in [1.29, 1.82) is 0 Å². The van der Waals surface area contributed by atoms with E-state index in [-0.39, 0.29) is 11.8 Å². The molecule has 19 heavy (non-hydrogen) atoms. The van der Waals surface area contributed by atoms with Crippen molar-refractivity contribution in [3.8, 4) is 0 Å². The fraction of sp³-hybridized carbons (Fsp3) is 0.462. The summed E-state index contributed by atoms with van der Waals surface area (Å²) in [6.07, 6.45) is 1.55. The van der Waals surface area contributed by atoms with Gasteiger partial charge in [0.15, 0.2) is 0 Å². The monoisotopic (exact) mass is 327 g/mol. The number of likely N-dealkylation sites (N-methyl/N-ethyl adjacent to an activating group) is 1. The van der Waals surface area contributed by atoms with Crippen molar-refractivity contribution in [2.24, 2.45) is 0 Å². The van der Waals surface area contributed by atoms with Crippen molar-refractivity contribution in [1.82, 2.24) is 15.2 Å². The SMILES string of the molecule is CCN(CC)C(=O)C(C)NC(=O)c1ccc(Br)cn1. The summed E-state index contributed by atoms with van der Waals surface area (Å²) in [5.41, 5.74) is 0.294. The number of nitrogens with one attached hydrogen (secondary N) is 1. The molecule has 0 saturated heterocycles. The lowest BCUT2D eigenvalue weighted by Gasteiger charge is -2.23. The van der Waals surface area contributed by atoms with Crippen LogP contribution in [0.3, 0.4) is 0 Å². The lowest BCUT2D eigenvalue weighted by molar-refractivity contribution is -0.132. The molecule has 1 rings (SSSR count). The summed E-state index contributed by atoms with van der Waals surface area (Å²) in [5.74, 6) is -0.434. The fourth-order valence-corrected chi connectivity index (χ4v) is 1.89. The van der Waals surface area contributed by atoms with E-state index in [0.29, 0.717) is 18.8 Å². The zero-order valence-corrected chi connectivity index (χ0v) is 12.9. The highest BCUT2D eigenvalue weighted by atomic mass is 79.9. The van der Waals surface area contributed by atoms with E-state index in [9.17, 15) is 9.59 Å². The molecular weight excluding hydrogens is 310 g/mol. The van der Waals surface area contributed by atoms with Gasteiger partial charge in [0.2, 0.25) is 5.91 Å². The van der Waals surface area contributed by atoms with Gasteiger partial charge in [-0.15, -0.1) is 0 Å². The minimum absolute atomic E-state index is 0.0875. The van der Waals surface area contributed by atoms with Crippen molar-refractivity contribution in [3.05, 3.63) is 28.5 Å². The highest BCUT2D eigenvalue weighted by Gasteiger charge is 2.20. The van der Waals surface area contributed by atoms with Gasteiger partial charge in [0.25, 0.3) is 5.91 Å². The highest BCUT2D eigenvalue weighted by molar-refractivity contribution is 9.10. The third-order valence-electron chi connectivity index (χ3n) is 2.75. The van der Waals surface area contributed by atoms with Crippen LogP contribution in [0.25, 0.3) is 0 Å². The van der Waals surface area contributed by atoms with Crippen molar-refractivity contribution >= 4 is 27.7 Å². The number of amides is 2. The van der Waals surface area contributed by atoms with Crippen molar-refractivity contribution in [2.75, 3.05) is 13.1 Å². The maximum Gasteiger partial charge on any atom is 0.270 e. The van der Waals surface area contributed by atoms with Crippen LogP contribution in [0.15, 0.2) is 22.8 Å². The molecule has 0 bridgehead atoms. The van der Waals surface area contributed by atoms with Gasteiger partial charge in [0.1, 0.15) is 11.7 Å². The molecule has 0 aliphatic carbocycles. The van der Waals surface area contributed by atoms with Crippen molar-refractivity contribution in [3.63, 3.8) is 0 Å². The van der Waals surface area contributed by atoms with Crippen LogP contribution in [0, 0.1) is 0 Å². The smallest absolute Gasteiger partial charge is 0.270 e. The van der Waals surface area contributed by atoms with Gasteiger partial charge < -0.3 is 10.2 Å². The van der Waals surface area contributed by atoms with Crippen LogP contribution in [-0.4, -0.2) is 40.8 Å². The van der Waals surface area contributed by atoms with Crippen LogP contribution in [0.5, 0.6) is 0 Å². The summed E-state index contributed by atoms with van der Waals surface area (Å²) in [7, 11) is 0. The number of carbonyl (C=O) groups is 2. The predicted molar refractivity (Wildman–Crippen MR) is 76.8 cm³/mol. The van der Waals surface area contributed by atoms with Gasteiger partial charge >= 0.3 is 0 Å². The zero-order chi connectivity index (χ0) is 14.4. The Balaban J connectivity index is 2.66. The topological polar surface area (TPSA) is 62.3 Å². The Bertz CT molecular complexity index is 444. The molecule has 5 nitrogen and oxygen atoms in total. The summed E-state index contributed by atoms with van der Waals surface area (Å²) in [4.78, 5) is 29.6. The quantitative estimate of drug-likeness (QED) is 0.897. The fourth-order valence-electron chi connectivity index (χ4n) is 1.65. The number of aromatic nitrogens is 1. The Morgan fingerprint density at radius 2 is 2.00 bits per heavy atom. The Labute approximate surface area is 121 Å². The molecular formula is C13H18BrN3O2. The molecule has 104 valence electrons. The molecule has 0 aliphatic heterocycles. The van der Waals surface area contributed by atoms with Crippen LogP contribution in [0.2, 0.25) is 0 Å². The molecule has 0 saturated carbocycles. The average Bonchev–Trinajstić information content (AvgIpc) is 2.40. The number of rotatable bonds is 5. The third kappa shape index (κ3) is 4.31. The van der Waals surface area contributed by atoms with Crippen LogP contribution < -0.4 is 5.32 Å². The number of hydrogen-bond donors (Lipinski definition) is 1. The van der Waals surface area contributed by atoms with E-state index in [0.717, 1.165) is 4.47 Å². The molecule has 0 fully saturated rings. The first-order chi connectivity index (χ1) is 8.99. The van der Waals surface area contributed by atoms with E-state index in [4.69, 9.17) is 0 Å². The zero-order valence-electron chi connectivity index (χ0n) is 11.3. The van der Waals surface area contributed by atoms with Gasteiger partial charge in [-0.1, -0.05) is 0 Å². The standard InChI is InChI=1S/C13H18BrN3O2/c1-4-17(5-2)13(19)9(3)16-12(18)11-7-6-10(14)8-15-11/h6-9H,4-5H2,1-3H3,(H,16,18). The predicted octanol–water partition coefficient (Wildman–Crippen LogP) is 1.83. The molecule has 2 amide bonds. The molecule has 0 aromatic carbocycles. The van der Waals surface area contributed by atoms with Crippen molar-refractivity contribution < 1.29 is 9.59 Å². The maximum absolute atomic E-state index is 12.0. The number of carbonyl (C=O) groups excluding carboxylic acids is 2. The number of nitrogens with zero attached hydrogens (tertiary/aromatic N) is 2. The van der Waals surface area contributed by atoms with Gasteiger partial charge in [0, 0.05) is 23.8 Å². The number of hydrogen-bond acceptors (Lipinski definition) is 3. The lowest BCUT2D eigenvalue weighted by atomic mass is 10.2.